The first-order valence-electron chi connectivity index (χ1n) is 7.13. The minimum Gasteiger partial charge on any atom is -0.383 e. The highest BCUT2D eigenvalue weighted by molar-refractivity contribution is 6.30. The van der Waals surface area contributed by atoms with Gasteiger partial charge in [0.25, 0.3) is 5.91 Å². The monoisotopic (exact) mass is 319 g/mol. The zero-order chi connectivity index (χ0) is 15.7. The molecule has 2 heterocycles. The van der Waals surface area contributed by atoms with Gasteiger partial charge in [-0.15, -0.1) is 0 Å². The average Bonchev–Trinajstić information content (AvgIpc) is 2.86. The van der Waals surface area contributed by atoms with Gasteiger partial charge in [-0.3, -0.25) is 9.48 Å². The number of nitrogens with zero attached hydrogens (tertiary/aromatic N) is 4. The maximum Gasteiger partial charge on any atom is 0.259 e. The summed E-state index contributed by atoms with van der Waals surface area (Å²) >= 11 is 6.03. The number of benzene rings is 1. The fourth-order valence-corrected chi connectivity index (χ4v) is 2.81. The zero-order valence-corrected chi connectivity index (χ0v) is 13.1. The number of aryl methyl sites for hydroxylation is 1. The molecule has 0 bridgehead atoms. The van der Waals surface area contributed by atoms with Crippen LogP contribution in [-0.2, 0) is 7.05 Å². The molecule has 1 aliphatic heterocycles. The van der Waals surface area contributed by atoms with Gasteiger partial charge in [0.05, 0.1) is 6.20 Å². The van der Waals surface area contributed by atoms with E-state index in [0.717, 1.165) is 23.8 Å². The van der Waals surface area contributed by atoms with Crippen molar-refractivity contribution in [1.29, 1.82) is 0 Å². The first kappa shape index (κ1) is 14.7. The molecule has 0 spiro atoms. The van der Waals surface area contributed by atoms with E-state index in [1.807, 2.05) is 29.2 Å². The first-order valence-corrected chi connectivity index (χ1v) is 7.51. The number of rotatable bonds is 2. The quantitative estimate of drug-likeness (QED) is 0.913. The average molecular weight is 320 g/mol. The molecule has 1 aliphatic rings. The predicted molar refractivity (Wildman–Crippen MR) is 87.2 cm³/mol. The second-order valence-electron chi connectivity index (χ2n) is 5.33. The van der Waals surface area contributed by atoms with Crippen LogP contribution < -0.4 is 10.6 Å². The number of halogens is 1. The van der Waals surface area contributed by atoms with Crippen LogP contribution in [0.4, 0.5) is 11.5 Å². The van der Waals surface area contributed by atoms with E-state index < -0.39 is 0 Å². The maximum atomic E-state index is 12.5. The molecular formula is C15H18ClN5O. The van der Waals surface area contributed by atoms with E-state index in [9.17, 15) is 4.79 Å². The molecule has 22 heavy (non-hydrogen) atoms. The molecule has 0 radical (unpaired) electrons. The normalized spacial score (nSPS) is 15.2. The Kier molecular flexibility index (Phi) is 3.94. The fraction of sp³-hybridized carbons (Fsp3) is 0.333. The minimum absolute atomic E-state index is 0.0589. The molecule has 0 unspecified atom stereocenters. The lowest BCUT2D eigenvalue weighted by molar-refractivity contribution is 0.0748. The number of piperazine rings is 1. The summed E-state index contributed by atoms with van der Waals surface area (Å²) in [6.45, 7) is 2.85. The van der Waals surface area contributed by atoms with E-state index in [2.05, 4.69) is 10.00 Å². The summed E-state index contributed by atoms with van der Waals surface area (Å²) in [4.78, 5) is 16.5. The van der Waals surface area contributed by atoms with Crippen LogP contribution in [0.5, 0.6) is 0 Å². The smallest absolute Gasteiger partial charge is 0.259 e. The van der Waals surface area contributed by atoms with Crippen LogP contribution in [0, 0.1) is 0 Å². The standard InChI is InChI=1S/C15H18ClN5O/c1-19-14(17)13(10-18-19)15(22)21-7-5-20(6-8-21)12-4-2-3-11(16)9-12/h2-4,9-10H,5-8,17H2,1H3. The molecule has 6 nitrogen and oxygen atoms in total. The van der Waals surface area contributed by atoms with Gasteiger partial charge in [-0.05, 0) is 18.2 Å². The number of nitrogen functional groups attached to an aromatic ring is 1. The summed E-state index contributed by atoms with van der Waals surface area (Å²) in [6, 6.07) is 7.77. The number of carbonyl (C=O) groups is 1. The van der Waals surface area contributed by atoms with Crippen molar-refractivity contribution in [3.05, 3.63) is 41.0 Å². The summed E-state index contributed by atoms with van der Waals surface area (Å²) in [5.74, 6) is 0.346. The maximum absolute atomic E-state index is 12.5. The molecule has 7 heteroatoms. The summed E-state index contributed by atoms with van der Waals surface area (Å²) < 4.78 is 1.51. The number of amides is 1. The van der Waals surface area contributed by atoms with Crippen molar-refractivity contribution in [3.63, 3.8) is 0 Å². The molecule has 1 aromatic carbocycles. The third-order valence-electron chi connectivity index (χ3n) is 3.96. The van der Waals surface area contributed by atoms with Crippen LogP contribution in [-0.4, -0.2) is 46.8 Å². The van der Waals surface area contributed by atoms with Gasteiger partial charge in [-0.1, -0.05) is 17.7 Å². The lowest BCUT2D eigenvalue weighted by Crippen LogP contribution is -2.48. The van der Waals surface area contributed by atoms with Crippen molar-refractivity contribution in [2.75, 3.05) is 36.8 Å². The number of nitrogens with two attached hydrogens (primary N) is 1. The lowest BCUT2D eigenvalue weighted by atomic mass is 10.2. The number of hydrogen-bond acceptors (Lipinski definition) is 4. The van der Waals surface area contributed by atoms with E-state index in [1.165, 1.54) is 10.9 Å². The van der Waals surface area contributed by atoms with Crippen LogP contribution >= 0.6 is 11.6 Å². The molecule has 1 fully saturated rings. The summed E-state index contributed by atoms with van der Waals surface area (Å²) in [6.07, 6.45) is 1.53. The highest BCUT2D eigenvalue weighted by atomic mass is 35.5. The van der Waals surface area contributed by atoms with Gasteiger partial charge in [-0.2, -0.15) is 5.10 Å². The van der Waals surface area contributed by atoms with Crippen LogP contribution in [0.15, 0.2) is 30.5 Å². The second kappa shape index (κ2) is 5.88. The van der Waals surface area contributed by atoms with Crippen LogP contribution in [0.2, 0.25) is 5.02 Å². The molecule has 116 valence electrons. The van der Waals surface area contributed by atoms with Crippen molar-refractivity contribution in [2.24, 2.45) is 7.05 Å². The van der Waals surface area contributed by atoms with Gasteiger partial charge in [0.15, 0.2) is 0 Å². The van der Waals surface area contributed by atoms with Crippen molar-refractivity contribution in [1.82, 2.24) is 14.7 Å². The minimum atomic E-state index is -0.0589. The largest absolute Gasteiger partial charge is 0.383 e. The fourth-order valence-electron chi connectivity index (χ4n) is 2.62. The molecule has 1 aromatic heterocycles. The van der Waals surface area contributed by atoms with Gasteiger partial charge in [0, 0.05) is 43.9 Å². The molecule has 2 aromatic rings. The van der Waals surface area contributed by atoms with E-state index >= 15 is 0 Å². The first-order chi connectivity index (χ1) is 10.6. The Morgan fingerprint density at radius 1 is 1.27 bits per heavy atom. The van der Waals surface area contributed by atoms with Crippen molar-refractivity contribution < 1.29 is 4.79 Å². The Bertz CT molecular complexity index is 691. The lowest BCUT2D eigenvalue weighted by Gasteiger charge is -2.36. The van der Waals surface area contributed by atoms with Crippen LogP contribution in [0.1, 0.15) is 10.4 Å². The SMILES string of the molecule is Cn1ncc(C(=O)N2CCN(c3cccc(Cl)c3)CC2)c1N. The van der Waals surface area contributed by atoms with E-state index in [4.69, 9.17) is 17.3 Å². The van der Waals surface area contributed by atoms with Gasteiger partial charge in [0.2, 0.25) is 0 Å². The zero-order valence-electron chi connectivity index (χ0n) is 12.4. The number of anilines is 2. The van der Waals surface area contributed by atoms with Gasteiger partial charge in [-0.25, -0.2) is 0 Å². The van der Waals surface area contributed by atoms with Crippen molar-refractivity contribution in [2.45, 2.75) is 0 Å². The third-order valence-corrected chi connectivity index (χ3v) is 4.19. The molecule has 0 saturated carbocycles. The molecule has 3 rings (SSSR count). The van der Waals surface area contributed by atoms with Crippen LogP contribution in [0.25, 0.3) is 0 Å². The third kappa shape index (κ3) is 2.74. The molecule has 0 aliphatic carbocycles. The Morgan fingerprint density at radius 3 is 2.59 bits per heavy atom. The Hall–Kier alpha value is -2.21. The molecule has 2 N–H and O–H groups in total. The number of aromatic nitrogens is 2. The summed E-state index contributed by atoms with van der Waals surface area (Å²) in [7, 11) is 1.73. The Labute approximate surface area is 134 Å². The van der Waals surface area contributed by atoms with Crippen LogP contribution in [0.3, 0.4) is 0 Å². The molecule has 0 atom stereocenters. The highest BCUT2D eigenvalue weighted by Gasteiger charge is 2.25. The van der Waals surface area contributed by atoms with E-state index in [1.54, 1.807) is 7.05 Å². The van der Waals surface area contributed by atoms with E-state index in [0.29, 0.717) is 24.5 Å². The topological polar surface area (TPSA) is 67.4 Å². The van der Waals surface area contributed by atoms with Gasteiger partial charge >= 0.3 is 0 Å². The molecular weight excluding hydrogens is 302 g/mol. The Morgan fingerprint density at radius 2 is 2.00 bits per heavy atom. The molecule has 1 amide bonds. The molecule has 1 saturated heterocycles. The second-order valence-corrected chi connectivity index (χ2v) is 5.76. The summed E-state index contributed by atoms with van der Waals surface area (Å²) in [5, 5.41) is 4.74. The van der Waals surface area contributed by atoms with Gasteiger partial charge in [0.1, 0.15) is 11.4 Å². The highest BCUT2D eigenvalue weighted by Crippen LogP contribution is 2.21. The number of carbonyl (C=O) groups excluding carboxylic acids is 1. The van der Waals surface area contributed by atoms with Gasteiger partial charge < -0.3 is 15.5 Å². The Balaban J connectivity index is 1.67. The van der Waals surface area contributed by atoms with Crippen molar-refractivity contribution in [3.8, 4) is 0 Å². The van der Waals surface area contributed by atoms with E-state index in [-0.39, 0.29) is 5.91 Å². The number of hydrogen-bond donors (Lipinski definition) is 1. The summed E-state index contributed by atoms with van der Waals surface area (Å²) in [5.41, 5.74) is 7.43. The van der Waals surface area contributed by atoms with Crippen molar-refractivity contribution >= 4 is 29.0 Å². The predicted octanol–water partition coefficient (Wildman–Crippen LogP) is 1.62.